The Bertz CT molecular complexity index is 859. The minimum Gasteiger partial charge on any atom is -0.349 e. The maximum absolute atomic E-state index is 12.3. The van der Waals surface area contributed by atoms with Crippen LogP contribution in [-0.4, -0.2) is 29.5 Å². The number of rotatable bonds is 4. The van der Waals surface area contributed by atoms with Crippen molar-refractivity contribution in [3.05, 3.63) is 47.1 Å². The van der Waals surface area contributed by atoms with E-state index in [0.717, 1.165) is 32.8 Å². The topological polar surface area (TPSA) is 58.1 Å². The molecule has 3 rings (SSSR count). The summed E-state index contributed by atoms with van der Waals surface area (Å²) in [6.07, 6.45) is 1.53. The number of hydrogen-bond donors (Lipinski definition) is 1. The molecule has 0 aliphatic carbocycles. The van der Waals surface area contributed by atoms with Crippen LogP contribution in [0.4, 0.5) is 11.5 Å². The Morgan fingerprint density at radius 2 is 2.09 bits per heavy atom. The number of nitrogens with one attached hydrogen (secondary N) is 1. The number of carbonyl (C=O) groups is 1. The van der Waals surface area contributed by atoms with Gasteiger partial charge in [-0.3, -0.25) is 4.79 Å². The van der Waals surface area contributed by atoms with Crippen molar-refractivity contribution in [2.75, 3.05) is 23.8 Å². The van der Waals surface area contributed by atoms with Gasteiger partial charge in [-0.2, -0.15) is 0 Å². The van der Waals surface area contributed by atoms with Crippen LogP contribution in [0.1, 0.15) is 11.1 Å². The average Bonchev–Trinajstić information content (AvgIpc) is 3.00. The summed E-state index contributed by atoms with van der Waals surface area (Å²) in [7, 11) is 1.87. The van der Waals surface area contributed by atoms with E-state index in [4.69, 9.17) is 0 Å². The van der Waals surface area contributed by atoms with Gasteiger partial charge in [0.05, 0.1) is 16.8 Å². The van der Waals surface area contributed by atoms with Crippen LogP contribution in [-0.2, 0) is 4.79 Å². The third-order valence-electron chi connectivity index (χ3n) is 3.85. The van der Waals surface area contributed by atoms with Gasteiger partial charge in [-0.05, 0) is 42.5 Å². The summed E-state index contributed by atoms with van der Waals surface area (Å²) < 4.78 is 0.995. The highest BCUT2D eigenvalue weighted by atomic mass is 32.1. The van der Waals surface area contributed by atoms with Gasteiger partial charge in [0, 0.05) is 12.7 Å². The maximum Gasteiger partial charge on any atom is 0.243 e. The molecule has 0 aliphatic heterocycles. The van der Waals surface area contributed by atoms with E-state index in [9.17, 15) is 4.79 Å². The summed E-state index contributed by atoms with van der Waals surface area (Å²) >= 11 is 1.58. The molecule has 0 saturated heterocycles. The summed E-state index contributed by atoms with van der Waals surface area (Å²) in [5.41, 5.74) is 4.01. The fourth-order valence-electron chi connectivity index (χ4n) is 2.41. The van der Waals surface area contributed by atoms with Gasteiger partial charge in [-0.1, -0.05) is 12.1 Å². The SMILES string of the molecule is Cc1cccc(NC(=O)CN(C)c2ncnc3ccsc23)c1C. The van der Waals surface area contributed by atoms with E-state index in [1.165, 1.54) is 6.33 Å². The number of fused-ring (bicyclic) bond motifs is 1. The number of aromatic nitrogens is 2. The number of amides is 1. The molecule has 0 fully saturated rings. The second-order valence-electron chi connectivity index (χ2n) is 5.48. The zero-order chi connectivity index (χ0) is 16.4. The van der Waals surface area contributed by atoms with Gasteiger partial charge in [0.2, 0.25) is 5.91 Å². The Labute approximate surface area is 139 Å². The van der Waals surface area contributed by atoms with Crippen LogP contribution in [0, 0.1) is 13.8 Å². The number of nitrogens with zero attached hydrogens (tertiary/aromatic N) is 3. The smallest absolute Gasteiger partial charge is 0.243 e. The van der Waals surface area contributed by atoms with Crippen LogP contribution in [0.2, 0.25) is 0 Å². The quantitative estimate of drug-likeness (QED) is 0.798. The molecule has 3 aromatic rings. The van der Waals surface area contributed by atoms with Crippen LogP contribution >= 0.6 is 11.3 Å². The zero-order valence-electron chi connectivity index (χ0n) is 13.3. The second kappa shape index (κ2) is 6.34. The third-order valence-corrected chi connectivity index (χ3v) is 4.75. The van der Waals surface area contributed by atoms with Gasteiger partial charge in [0.15, 0.2) is 0 Å². The molecule has 23 heavy (non-hydrogen) atoms. The van der Waals surface area contributed by atoms with Crippen molar-refractivity contribution >= 4 is 39.0 Å². The number of thiophene rings is 1. The largest absolute Gasteiger partial charge is 0.349 e. The maximum atomic E-state index is 12.3. The number of hydrogen-bond acceptors (Lipinski definition) is 5. The number of benzene rings is 1. The molecule has 0 radical (unpaired) electrons. The molecule has 0 atom stereocenters. The minimum atomic E-state index is -0.0653. The number of anilines is 2. The second-order valence-corrected chi connectivity index (χ2v) is 6.40. The molecule has 1 aromatic carbocycles. The normalized spacial score (nSPS) is 10.7. The Balaban J connectivity index is 1.75. The molecule has 0 bridgehead atoms. The van der Waals surface area contributed by atoms with Crippen molar-refractivity contribution < 1.29 is 4.79 Å². The lowest BCUT2D eigenvalue weighted by molar-refractivity contribution is -0.114. The molecule has 118 valence electrons. The molecule has 2 aromatic heterocycles. The molecule has 0 spiro atoms. The van der Waals surface area contributed by atoms with Crippen molar-refractivity contribution in [3.8, 4) is 0 Å². The summed E-state index contributed by atoms with van der Waals surface area (Å²) in [5.74, 6) is 0.714. The Hall–Kier alpha value is -2.47. The van der Waals surface area contributed by atoms with E-state index in [0.29, 0.717) is 0 Å². The van der Waals surface area contributed by atoms with Gasteiger partial charge in [0.1, 0.15) is 12.1 Å². The van der Waals surface area contributed by atoms with Crippen molar-refractivity contribution in [2.45, 2.75) is 13.8 Å². The lowest BCUT2D eigenvalue weighted by atomic mass is 10.1. The van der Waals surface area contributed by atoms with Crippen molar-refractivity contribution in [1.29, 1.82) is 0 Å². The monoisotopic (exact) mass is 326 g/mol. The van der Waals surface area contributed by atoms with Crippen LogP contribution in [0.3, 0.4) is 0 Å². The van der Waals surface area contributed by atoms with Crippen molar-refractivity contribution in [1.82, 2.24) is 9.97 Å². The molecule has 6 heteroatoms. The molecule has 1 amide bonds. The van der Waals surface area contributed by atoms with Gasteiger partial charge >= 0.3 is 0 Å². The lowest BCUT2D eigenvalue weighted by Crippen LogP contribution is -2.30. The molecule has 1 N–H and O–H groups in total. The van der Waals surface area contributed by atoms with E-state index < -0.39 is 0 Å². The van der Waals surface area contributed by atoms with Gasteiger partial charge in [-0.25, -0.2) is 9.97 Å². The fourth-order valence-corrected chi connectivity index (χ4v) is 3.30. The number of carbonyl (C=O) groups excluding carboxylic acids is 1. The van der Waals surface area contributed by atoms with E-state index in [-0.39, 0.29) is 12.5 Å². The summed E-state index contributed by atoms with van der Waals surface area (Å²) in [6, 6.07) is 7.85. The third kappa shape index (κ3) is 3.17. The molecule has 0 unspecified atom stereocenters. The highest BCUT2D eigenvalue weighted by Gasteiger charge is 2.14. The highest BCUT2D eigenvalue weighted by molar-refractivity contribution is 7.17. The Kier molecular flexibility index (Phi) is 4.25. The Morgan fingerprint density at radius 1 is 1.26 bits per heavy atom. The van der Waals surface area contributed by atoms with Gasteiger partial charge < -0.3 is 10.2 Å². The predicted molar refractivity (Wildman–Crippen MR) is 95.2 cm³/mol. The van der Waals surface area contributed by atoms with E-state index in [1.807, 2.05) is 55.4 Å². The molecule has 5 nitrogen and oxygen atoms in total. The first-order valence-electron chi connectivity index (χ1n) is 7.31. The lowest BCUT2D eigenvalue weighted by Gasteiger charge is -2.18. The molecular weight excluding hydrogens is 308 g/mol. The standard InChI is InChI=1S/C17H18N4OS/c1-11-5-4-6-13(12(11)2)20-15(22)9-21(3)17-16-14(7-8-23-16)18-10-19-17/h4-8,10H,9H2,1-3H3,(H,20,22). The molecule has 0 aliphatic rings. The zero-order valence-corrected chi connectivity index (χ0v) is 14.1. The van der Waals surface area contributed by atoms with E-state index in [1.54, 1.807) is 11.3 Å². The average molecular weight is 326 g/mol. The van der Waals surface area contributed by atoms with Crippen LogP contribution < -0.4 is 10.2 Å². The molecular formula is C17H18N4OS. The van der Waals surface area contributed by atoms with Crippen LogP contribution in [0.15, 0.2) is 36.0 Å². The van der Waals surface area contributed by atoms with Crippen molar-refractivity contribution in [3.63, 3.8) is 0 Å². The Morgan fingerprint density at radius 3 is 2.91 bits per heavy atom. The van der Waals surface area contributed by atoms with Gasteiger partial charge in [-0.15, -0.1) is 11.3 Å². The minimum absolute atomic E-state index is 0.0653. The predicted octanol–water partition coefficient (Wildman–Crippen LogP) is 3.38. The van der Waals surface area contributed by atoms with Crippen LogP contribution in [0.25, 0.3) is 10.2 Å². The number of likely N-dealkylation sites (N-methyl/N-ethyl adjacent to an activating group) is 1. The number of aryl methyl sites for hydroxylation is 1. The van der Waals surface area contributed by atoms with E-state index >= 15 is 0 Å². The van der Waals surface area contributed by atoms with E-state index in [2.05, 4.69) is 15.3 Å². The first-order valence-corrected chi connectivity index (χ1v) is 8.19. The molecule has 0 saturated carbocycles. The van der Waals surface area contributed by atoms with Gasteiger partial charge in [0.25, 0.3) is 0 Å². The summed E-state index contributed by atoms with van der Waals surface area (Å²) in [4.78, 5) is 22.7. The van der Waals surface area contributed by atoms with Crippen LogP contribution in [0.5, 0.6) is 0 Å². The van der Waals surface area contributed by atoms with Crippen molar-refractivity contribution in [2.24, 2.45) is 0 Å². The fraction of sp³-hybridized carbons (Fsp3) is 0.235. The first kappa shape index (κ1) is 15.4. The summed E-state index contributed by atoms with van der Waals surface area (Å²) in [5, 5.41) is 4.95. The highest BCUT2D eigenvalue weighted by Crippen LogP contribution is 2.27. The summed E-state index contributed by atoms with van der Waals surface area (Å²) in [6.45, 7) is 4.27. The first-order chi connectivity index (χ1) is 11.1. The molecule has 2 heterocycles.